The predicted octanol–water partition coefficient (Wildman–Crippen LogP) is 1.94. The number of Topliss-reactive ketones (excluding diaryl/α,β-unsaturated/α-hetero) is 1. The number of carboxylic acids is 1. The fraction of sp³-hybridized carbons (Fsp3) is 0.357. The third kappa shape index (κ3) is 6.53. The van der Waals surface area contributed by atoms with Crippen molar-refractivity contribution >= 4 is 23.5 Å². The van der Waals surface area contributed by atoms with Crippen molar-refractivity contribution in [3.63, 3.8) is 0 Å². The van der Waals surface area contributed by atoms with E-state index in [-0.39, 0.29) is 31.6 Å². The van der Waals surface area contributed by atoms with Crippen molar-refractivity contribution in [3.8, 4) is 0 Å². The number of aliphatic carboxylic acids is 1. The fourth-order valence-corrected chi connectivity index (χ4v) is 1.52. The Bertz CT molecular complexity index is 482. The number of carbonyl (C=O) groups is 3. The van der Waals surface area contributed by atoms with Crippen LogP contribution in [0, 0.1) is 6.92 Å². The molecule has 0 atom stereocenters. The molecule has 0 spiro atoms. The molecule has 6 nitrogen and oxygen atoms in total. The minimum absolute atomic E-state index is 0.0404. The van der Waals surface area contributed by atoms with E-state index >= 15 is 0 Å². The smallest absolute Gasteiger partial charge is 0.319 e. The largest absolute Gasteiger partial charge is 0.481 e. The number of carboxylic acid groups (broad SMARTS) is 1. The van der Waals surface area contributed by atoms with Crippen LogP contribution in [0.15, 0.2) is 24.3 Å². The van der Waals surface area contributed by atoms with Crippen LogP contribution in [-0.2, 0) is 9.59 Å². The number of benzene rings is 1. The van der Waals surface area contributed by atoms with Crippen molar-refractivity contribution in [1.29, 1.82) is 0 Å². The Morgan fingerprint density at radius 2 is 1.75 bits per heavy atom. The monoisotopic (exact) mass is 278 g/mol. The standard InChI is InChI=1S/C14H18N2O4/c1-10-5-7-11(8-6-10)16-14(20)15-9-12(17)3-2-4-13(18)19/h5-8H,2-4,9H2,1H3,(H,18,19)(H2,15,16,20). The van der Waals surface area contributed by atoms with E-state index in [4.69, 9.17) is 5.11 Å². The molecule has 1 aromatic carbocycles. The molecule has 1 aromatic rings. The quantitative estimate of drug-likeness (QED) is 0.710. The summed E-state index contributed by atoms with van der Waals surface area (Å²) in [4.78, 5) is 33.2. The molecule has 6 heteroatoms. The van der Waals surface area contributed by atoms with Crippen LogP contribution in [-0.4, -0.2) is 29.4 Å². The second-order valence-corrected chi connectivity index (χ2v) is 4.46. The number of hydrogen-bond acceptors (Lipinski definition) is 3. The molecule has 2 amide bonds. The van der Waals surface area contributed by atoms with Crippen molar-refractivity contribution in [2.24, 2.45) is 0 Å². The van der Waals surface area contributed by atoms with Crippen molar-refractivity contribution in [2.45, 2.75) is 26.2 Å². The highest BCUT2D eigenvalue weighted by Gasteiger charge is 2.07. The highest BCUT2D eigenvalue weighted by Crippen LogP contribution is 2.07. The first-order chi connectivity index (χ1) is 9.47. The van der Waals surface area contributed by atoms with Crippen LogP contribution >= 0.6 is 0 Å². The number of anilines is 1. The lowest BCUT2D eigenvalue weighted by molar-refractivity contribution is -0.137. The Morgan fingerprint density at radius 1 is 1.10 bits per heavy atom. The van der Waals surface area contributed by atoms with E-state index in [9.17, 15) is 14.4 Å². The first kappa shape index (κ1) is 15.7. The maximum absolute atomic E-state index is 11.5. The average Bonchev–Trinajstić information content (AvgIpc) is 2.39. The normalized spacial score (nSPS) is 9.85. The summed E-state index contributed by atoms with van der Waals surface area (Å²) in [6, 6.07) is 6.81. The molecular formula is C14H18N2O4. The molecule has 20 heavy (non-hydrogen) atoms. The number of ketones is 1. The summed E-state index contributed by atoms with van der Waals surface area (Å²) in [6.07, 6.45) is 0.397. The van der Waals surface area contributed by atoms with Crippen LogP contribution in [0.1, 0.15) is 24.8 Å². The Kier molecular flexibility index (Phi) is 6.22. The van der Waals surface area contributed by atoms with Gasteiger partial charge in [-0.2, -0.15) is 0 Å². The summed E-state index contributed by atoms with van der Waals surface area (Å²) in [6.45, 7) is 1.84. The Hall–Kier alpha value is -2.37. The van der Waals surface area contributed by atoms with Crippen molar-refractivity contribution in [2.75, 3.05) is 11.9 Å². The highest BCUT2D eigenvalue weighted by molar-refractivity contribution is 5.92. The summed E-state index contributed by atoms with van der Waals surface area (Å²) in [5.41, 5.74) is 1.73. The van der Waals surface area contributed by atoms with Gasteiger partial charge in [-0.1, -0.05) is 17.7 Å². The fourth-order valence-electron chi connectivity index (χ4n) is 1.52. The first-order valence-electron chi connectivity index (χ1n) is 6.32. The van der Waals surface area contributed by atoms with Gasteiger partial charge in [0.1, 0.15) is 0 Å². The number of urea groups is 1. The summed E-state index contributed by atoms with van der Waals surface area (Å²) < 4.78 is 0. The number of aryl methyl sites for hydroxylation is 1. The van der Waals surface area contributed by atoms with Gasteiger partial charge in [0, 0.05) is 18.5 Å². The zero-order valence-electron chi connectivity index (χ0n) is 11.3. The van der Waals surface area contributed by atoms with E-state index in [0.717, 1.165) is 5.56 Å². The summed E-state index contributed by atoms with van der Waals surface area (Å²) in [5, 5.41) is 13.5. The molecule has 0 saturated carbocycles. The topological polar surface area (TPSA) is 95.5 Å². The molecular weight excluding hydrogens is 260 g/mol. The summed E-state index contributed by atoms with van der Waals surface area (Å²) in [7, 11) is 0. The SMILES string of the molecule is Cc1ccc(NC(=O)NCC(=O)CCCC(=O)O)cc1. The Labute approximate surface area is 117 Å². The molecule has 0 bridgehead atoms. The van der Waals surface area contributed by atoms with Gasteiger partial charge in [0.2, 0.25) is 0 Å². The molecule has 0 aromatic heterocycles. The van der Waals surface area contributed by atoms with Gasteiger partial charge in [-0.25, -0.2) is 4.79 Å². The van der Waals surface area contributed by atoms with E-state index in [2.05, 4.69) is 10.6 Å². The van der Waals surface area contributed by atoms with E-state index in [1.807, 2.05) is 19.1 Å². The average molecular weight is 278 g/mol. The summed E-state index contributed by atoms with van der Waals surface area (Å²) >= 11 is 0. The molecule has 0 fully saturated rings. The molecule has 0 saturated heterocycles. The Morgan fingerprint density at radius 3 is 2.35 bits per heavy atom. The minimum atomic E-state index is -0.928. The van der Waals surface area contributed by atoms with Crippen LogP contribution in [0.5, 0.6) is 0 Å². The zero-order chi connectivity index (χ0) is 15.0. The van der Waals surface area contributed by atoms with Crippen LogP contribution in [0.4, 0.5) is 10.5 Å². The molecule has 108 valence electrons. The van der Waals surface area contributed by atoms with Crippen LogP contribution in [0.3, 0.4) is 0 Å². The van der Waals surface area contributed by atoms with Crippen LogP contribution < -0.4 is 10.6 Å². The molecule has 3 N–H and O–H groups in total. The molecule has 0 unspecified atom stereocenters. The number of carbonyl (C=O) groups excluding carboxylic acids is 2. The highest BCUT2D eigenvalue weighted by atomic mass is 16.4. The maximum Gasteiger partial charge on any atom is 0.319 e. The first-order valence-corrected chi connectivity index (χ1v) is 6.32. The maximum atomic E-state index is 11.5. The lowest BCUT2D eigenvalue weighted by Gasteiger charge is -2.07. The lowest BCUT2D eigenvalue weighted by atomic mass is 10.2. The van der Waals surface area contributed by atoms with Crippen LogP contribution in [0.25, 0.3) is 0 Å². The number of rotatable bonds is 7. The molecule has 0 heterocycles. The third-order valence-electron chi connectivity index (χ3n) is 2.60. The second-order valence-electron chi connectivity index (χ2n) is 4.46. The van der Waals surface area contributed by atoms with Gasteiger partial charge < -0.3 is 15.7 Å². The van der Waals surface area contributed by atoms with Gasteiger partial charge in [0.25, 0.3) is 0 Å². The van der Waals surface area contributed by atoms with E-state index in [1.165, 1.54) is 0 Å². The molecule has 1 rings (SSSR count). The molecule has 0 aliphatic rings. The van der Waals surface area contributed by atoms with E-state index in [0.29, 0.717) is 5.69 Å². The van der Waals surface area contributed by atoms with E-state index < -0.39 is 12.0 Å². The molecule has 0 radical (unpaired) electrons. The summed E-state index contributed by atoms with van der Waals surface area (Å²) in [5.74, 6) is -1.12. The van der Waals surface area contributed by atoms with Gasteiger partial charge in [0.15, 0.2) is 5.78 Å². The van der Waals surface area contributed by atoms with Gasteiger partial charge in [-0.05, 0) is 25.5 Å². The third-order valence-corrected chi connectivity index (χ3v) is 2.60. The second kappa shape index (κ2) is 7.93. The van der Waals surface area contributed by atoms with Crippen molar-refractivity contribution in [3.05, 3.63) is 29.8 Å². The Balaban J connectivity index is 2.24. The van der Waals surface area contributed by atoms with Gasteiger partial charge in [-0.3, -0.25) is 9.59 Å². The van der Waals surface area contributed by atoms with Crippen LogP contribution in [0.2, 0.25) is 0 Å². The number of nitrogens with one attached hydrogen (secondary N) is 2. The molecule has 0 aliphatic heterocycles. The lowest BCUT2D eigenvalue weighted by Crippen LogP contribution is -2.33. The van der Waals surface area contributed by atoms with Gasteiger partial charge in [-0.15, -0.1) is 0 Å². The number of hydrogen-bond donors (Lipinski definition) is 3. The van der Waals surface area contributed by atoms with Crippen molar-refractivity contribution < 1.29 is 19.5 Å². The molecule has 0 aliphatic carbocycles. The number of amides is 2. The van der Waals surface area contributed by atoms with Crippen molar-refractivity contribution in [1.82, 2.24) is 5.32 Å². The zero-order valence-corrected chi connectivity index (χ0v) is 11.3. The predicted molar refractivity (Wildman–Crippen MR) is 74.7 cm³/mol. The van der Waals surface area contributed by atoms with Gasteiger partial charge >= 0.3 is 12.0 Å². The minimum Gasteiger partial charge on any atom is -0.481 e. The van der Waals surface area contributed by atoms with Gasteiger partial charge in [0.05, 0.1) is 6.54 Å². The van der Waals surface area contributed by atoms with E-state index in [1.54, 1.807) is 12.1 Å².